The number of primary amides is 1. The van der Waals surface area contributed by atoms with Crippen molar-refractivity contribution in [3.05, 3.63) is 35.9 Å². The van der Waals surface area contributed by atoms with Gasteiger partial charge in [-0.2, -0.15) is 0 Å². The van der Waals surface area contributed by atoms with Gasteiger partial charge < -0.3 is 11.1 Å². The van der Waals surface area contributed by atoms with Gasteiger partial charge >= 0.3 is 6.03 Å². The molecule has 17 heavy (non-hydrogen) atoms. The molecule has 2 rings (SSSR count). The van der Waals surface area contributed by atoms with E-state index in [-0.39, 0.29) is 6.03 Å². The van der Waals surface area contributed by atoms with Gasteiger partial charge in [0.1, 0.15) is 0 Å². The number of rotatable bonds is 4. The lowest BCUT2D eigenvalue weighted by Gasteiger charge is -2.29. The summed E-state index contributed by atoms with van der Waals surface area (Å²) in [6.07, 6.45) is 0.820. The Morgan fingerprint density at radius 2 is 2.18 bits per heavy atom. The second-order valence-electron chi connectivity index (χ2n) is 4.09. The number of amides is 2. The Morgan fingerprint density at radius 3 is 2.76 bits per heavy atom. The third kappa shape index (κ3) is 3.18. The molecule has 0 aliphatic carbocycles. The standard InChI is InChI=1S/C12H18N4O/c13-12(17)16(15-9-7-14-10-15)8-6-11-4-2-1-3-5-11/h1-5,14H,6-10H2,(H2,13,17). The zero-order valence-electron chi connectivity index (χ0n) is 9.80. The summed E-state index contributed by atoms with van der Waals surface area (Å²) in [4.78, 5) is 11.4. The largest absolute Gasteiger partial charge is 0.350 e. The lowest BCUT2D eigenvalue weighted by molar-refractivity contribution is 0.0405. The van der Waals surface area contributed by atoms with Crippen molar-refractivity contribution < 1.29 is 4.79 Å². The van der Waals surface area contributed by atoms with E-state index < -0.39 is 0 Å². The number of benzene rings is 1. The van der Waals surface area contributed by atoms with Crippen molar-refractivity contribution in [3.8, 4) is 0 Å². The van der Waals surface area contributed by atoms with Crippen LogP contribution in [0.3, 0.4) is 0 Å². The van der Waals surface area contributed by atoms with Crippen LogP contribution in [-0.2, 0) is 6.42 Å². The molecule has 0 saturated carbocycles. The molecule has 1 aromatic carbocycles. The molecule has 92 valence electrons. The molecule has 1 fully saturated rings. The van der Waals surface area contributed by atoms with Crippen LogP contribution in [0.25, 0.3) is 0 Å². The number of nitrogens with one attached hydrogen (secondary N) is 1. The summed E-state index contributed by atoms with van der Waals surface area (Å²) in [7, 11) is 0. The van der Waals surface area contributed by atoms with Crippen molar-refractivity contribution >= 4 is 6.03 Å². The zero-order chi connectivity index (χ0) is 12.1. The Kier molecular flexibility index (Phi) is 3.95. The molecular formula is C12H18N4O. The lowest BCUT2D eigenvalue weighted by Crippen LogP contribution is -2.49. The Hall–Kier alpha value is -1.59. The second-order valence-corrected chi connectivity index (χ2v) is 4.09. The fourth-order valence-electron chi connectivity index (χ4n) is 1.97. The van der Waals surface area contributed by atoms with Crippen LogP contribution in [0.4, 0.5) is 4.79 Å². The van der Waals surface area contributed by atoms with E-state index in [0.717, 1.165) is 19.5 Å². The van der Waals surface area contributed by atoms with Crippen LogP contribution in [0, 0.1) is 0 Å². The summed E-state index contributed by atoms with van der Waals surface area (Å²) in [5, 5.41) is 6.75. The number of nitrogens with two attached hydrogens (primary N) is 1. The number of hydrazine groups is 1. The van der Waals surface area contributed by atoms with E-state index in [1.807, 2.05) is 23.2 Å². The highest BCUT2D eigenvalue weighted by Gasteiger charge is 2.21. The molecule has 1 aliphatic heterocycles. The summed E-state index contributed by atoms with van der Waals surface area (Å²) in [5.74, 6) is 0. The van der Waals surface area contributed by atoms with Crippen molar-refractivity contribution in [2.75, 3.05) is 26.3 Å². The van der Waals surface area contributed by atoms with Gasteiger partial charge in [0.05, 0.1) is 6.67 Å². The fourth-order valence-corrected chi connectivity index (χ4v) is 1.97. The monoisotopic (exact) mass is 234 g/mol. The highest BCUT2D eigenvalue weighted by molar-refractivity contribution is 5.71. The summed E-state index contributed by atoms with van der Waals surface area (Å²) in [5.41, 5.74) is 6.61. The fraction of sp³-hybridized carbons (Fsp3) is 0.417. The van der Waals surface area contributed by atoms with Crippen molar-refractivity contribution in [2.45, 2.75) is 6.42 Å². The van der Waals surface area contributed by atoms with Crippen molar-refractivity contribution in [3.63, 3.8) is 0 Å². The molecule has 1 heterocycles. The molecular weight excluding hydrogens is 216 g/mol. The third-order valence-corrected chi connectivity index (χ3v) is 2.89. The number of urea groups is 1. The quantitative estimate of drug-likeness (QED) is 0.792. The molecule has 1 saturated heterocycles. The molecule has 0 aromatic heterocycles. The van der Waals surface area contributed by atoms with Gasteiger partial charge in [0.2, 0.25) is 0 Å². The van der Waals surface area contributed by atoms with Crippen molar-refractivity contribution in [1.29, 1.82) is 0 Å². The van der Waals surface area contributed by atoms with Crippen LogP contribution in [0.1, 0.15) is 5.56 Å². The first-order chi connectivity index (χ1) is 8.27. The highest BCUT2D eigenvalue weighted by atomic mass is 16.2. The van der Waals surface area contributed by atoms with E-state index in [1.54, 1.807) is 5.01 Å². The average molecular weight is 234 g/mol. The zero-order valence-corrected chi connectivity index (χ0v) is 9.80. The van der Waals surface area contributed by atoms with E-state index >= 15 is 0 Å². The number of hydrogen-bond acceptors (Lipinski definition) is 3. The predicted octanol–water partition coefficient (Wildman–Crippen LogP) is 0.388. The molecule has 2 amide bonds. The number of carbonyl (C=O) groups is 1. The van der Waals surface area contributed by atoms with E-state index in [0.29, 0.717) is 13.2 Å². The molecule has 3 N–H and O–H groups in total. The molecule has 0 spiro atoms. The van der Waals surface area contributed by atoms with E-state index in [4.69, 9.17) is 5.73 Å². The normalized spacial score (nSPS) is 16.0. The Morgan fingerprint density at radius 1 is 1.41 bits per heavy atom. The number of carbonyl (C=O) groups excluding carboxylic acids is 1. The molecule has 5 nitrogen and oxygen atoms in total. The molecule has 0 radical (unpaired) electrons. The van der Waals surface area contributed by atoms with Gasteiger partial charge in [0, 0.05) is 19.6 Å². The van der Waals surface area contributed by atoms with E-state index in [1.165, 1.54) is 5.56 Å². The average Bonchev–Trinajstić information content (AvgIpc) is 2.84. The second kappa shape index (κ2) is 5.65. The van der Waals surface area contributed by atoms with Gasteiger partial charge in [0.15, 0.2) is 0 Å². The Labute approximate surface area is 101 Å². The van der Waals surface area contributed by atoms with Crippen molar-refractivity contribution in [2.24, 2.45) is 5.73 Å². The maximum absolute atomic E-state index is 11.4. The minimum absolute atomic E-state index is 0.385. The number of nitrogens with zero attached hydrogens (tertiary/aromatic N) is 2. The summed E-state index contributed by atoms with van der Waals surface area (Å²) in [6.45, 7) is 3.05. The lowest BCUT2D eigenvalue weighted by atomic mass is 10.1. The minimum atomic E-state index is -0.385. The van der Waals surface area contributed by atoms with Crippen LogP contribution in [0.15, 0.2) is 30.3 Å². The maximum Gasteiger partial charge on any atom is 0.329 e. The summed E-state index contributed by atoms with van der Waals surface area (Å²) < 4.78 is 0. The first-order valence-corrected chi connectivity index (χ1v) is 5.84. The molecule has 5 heteroatoms. The summed E-state index contributed by atoms with van der Waals surface area (Å²) >= 11 is 0. The predicted molar refractivity (Wildman–Crippen MR) is 66.0 cm³/mol. The summed E-state index contributed by atoms with van der Waals surface area (Å²) in [6, 6.07) is 9.72. The smallest absolute Gasteiger partial charge is 0.329 e. The Bertz CT molecular complexity index is 362. The number of hydrogen-bond donors (Lipinski definition) is 2. The molecule has 0 atom stereocenters. The van der Waals surface area contributed by atoms with Crippen LogP contribution in [-0.4, -0.2) is 42.4 Å². The molecule has 1 aromatic rings. The van der Waals surface area contributed by atoms with Crippen molar-refractivity contribution in [1.82, 2.24) is 15.3 Å². The van der Waals surface area contributed by atoms with Gasteiger partial charge in [0.25, 0.3) is 0 Å². The van der Waals surface area contributed by atoms with Gasteiger partial charge in [-0.05, 0) is 12.0 Å². The van der Waals surface area contributed by atoms with Gasteiger partial charge in [-0.25, -0.2) is 9.80 Å². The van der Waals surface area contributed by atoms with Gasteiger partial charge in [-0.15, -0.1) is 0 Å². The SMILES string of the molecule is NC(=O)N(CCc1ccccc1)N1CCNC1. The maximum atomic E-state index is 11.4. The molecule has 0 bridgehead atoms. The van der Waals surface area contributed by atoms with E-state index in [2.05, 4.69) is 17.4 Å². The van der Waals surface area contributed by atoms with E-state index in [9.17, 15) is 4.79 Å². The first-order valence-electron chi connectivity index (χ1n) is 5.84. The highest BCUT2D eigenvalue weighted by Crippen LogP contribution is 2.05. The van der Waals surface area contributed by atoms with Gasteiger partial charge in [-0.1, -0.05) is 30.3 Å². The molecule has 0 unspecified atom stereocenters. The van der Waals surface area contributed by atoms with Crippen LogP contribution in [0.2, 0.25) is 0 Å². The molecule has 1 aliphatic rings. The third-order valence-electron chi connectivity index (χ3n) is 2.89. The van der Waals surface area contributed by atoms with Crippen LogP contribution >= 0.6 is 0 Å². The van der Waals surface area contributed by atoms with Crippen LogP contribution < -0.4 is 11.1 Å². The minimum Gasteiger partial charge on any atom is -0.350 e. The first kappa shape index (κ1) is 11.9. The van der Waals surface area contributed by atoms with Gasteiger partial charge in [-0.3, -0.25) is 5.01 Å². The van der Waals surface area contributed by atoms with Crippen LogP contribution in [0.5, 0.6) is 0 Å². The topological polar surface area (TPSA) is 61.6 Å². The Balaban J connectivity index is 1.92.